The van der Waals surface area contributed by atoms with Gasteiger partial charge in [-0.15, -0.1) is 0 Å². The van der Waals surface area contributed by atoms with Crippen LogP contribution in [0.25, 0.3) is 0 Å². The maximum atomic E-state index is 12.5. The van der Waals surface area contributed by atoms with E-state index in [1.165, 1.54) is 6.07 Å². The van der Waals surface area contributed by atoms with E-state index in [0.29, 0.717) is 22.9 Å². The first-order chi connectivity index (χ1) is 14.6. The van der Waals surface area contributed by atoms with Gasteiger partial charge in [0.1, 0.15) is 11.5 Å². The van der Waals surface area contributed by atoms with Crippen LogP contribution in [0.15, 0.2) is 93.3 Å². The SMILES string of the molecule is CN=Nc1cccc(OC(=O)c2cccc(C(=O)Oc3cccc(N=NC)c3)c2)c1. The summed E-state index contributed by atoms with van der Waals surface area (Å²) < 4.78 is 10.7. The van der Waals surface area contributed by atoms with Crippen molar-refractivity contribution >= 4 is 23.3 Å². The van der Waals surface area contributed by atoms with Crippen LogP contribution in [-0.2, 0) is 0 Å². The Bertz CT molecular complexity index is 1040. The van der Waals surface area contributed by atoms with Crippen LogP contribution in [0, 0.1) is 0 Å². The van der Waals surface area contributed by atoms with E-state index in [9.17, 15) is 9.59 Å². The standard InChI is InChI=1S/C22H18N4O4/c1-23-25-17-8-4-10-19(13-17)29-21(27)15-6-3-7-16(12-15)22(28)30-20-11-5-9-18(14-20)26-24-2/h3-14H,1-2H3. The van der Waals surface area contributed by atoms with Gasteiger partial charge in [-0.3, -0.25) is 0 Å². The molecule has 3 aromatic carbocycles. The second kappa shape index (κ2) is 9.83. The van der Waals surface area contributed by atoms with E-state index >= 15 is 0 Å². The molecule has 0 amide bonds. The number of rotatable bonds is 6. The molecule has 0 atom stereocenters. The Morgan fingerprint density at radius 2 is 1.07 bits per heavy atom. The summed E-state index contributed by atoms with van der Waals surface area (Å²) in [5, 5.41) is 15.2. The van der Waals surface area contributed by atoms with Crippen molar-refractivity contribution in [1.29, 1.82) is 0 Å². The van der Waals surface area contributed by atoms with Crippen molar-refractivity contribution in [3.05, 3.63) is 83.9 Å². The highest BCUT2D eigenvalue weighted by atomic mass is 16.5. The van der Waals surface area contributed by atoms with Gasteiger partial charge in [0.15, 0.2) is 0 Å². The van der Waals surface area contributed by atoms with Crippen molar-refractivity contribution in [2.45, 2.75) is 0 Å². The molecule has 150 valence electrons. The maximum Gasteiger partial charge on any atom is 0.343 e. The van der Waals surface area contributed by atoms with Crippen molar-refractivity contribution in [1.82, 2.24) is 0 Å². The van der Waals surface area contributed by atoms with Crippen LogP contribution in [0.4, 0.5) is 11.4 Å². The molecule has 0 bridgehead atoms. The van der Waals surface area contributed by atoms with E-state index < -0.39 is 11.9 Å². The number of carbonyl (C=O) groups excluding carboxylic acids is 2. The number of nitrogens with zero attached hydrogens (tertiary/aromatic N) is 4. The number of azo groups is 2. The molecule has 3 rings (SSSR count). The van der Waals surface area contributed by atoms with Gasteiger partial charge in [0, 0.05) is 26.2 Å². The smallest absolute Gasteiger partial charge is 0.343 e. The Hall–Kier alpha value is -4.20. The first kappa shape index (κ1) is 20.5. The average Bonchev–Trinajstić information content (AvgIpc) is 2.75. The minimum Gasteiger partial charge on any atom is -0.423 e. The van der Waals surface area contributed by atoms with Gasteiger partial charge in [0.2, 0.25) is 0 Å². The molecule has 8 heteroatoms. The number of carbonyl (C=O) groups is 2. The van der Waals surface area contributed by atoms with Crippen molar-refractivity contribution in [3.8, 4) is 11.5 Å². The first-order valence-electron chi connectivity index (χ1n) is 8.93. The normalized spacial score (nSPS) is 11.0. The van der Waals surface area contributed by atoms with E-state index in [1.54, 1.807) is 80.8 Å². The van der Waals surface area contributed by atoms with E-state index in [-0.39, 0.29) is 11.1 Å². The van der Waals surface area contributed by atoms with Crippen LogP contribution in [0.3, 0.4) is 0 Å². The predicted molar refractivity (Wildman–Crippen MR) is 110 cm³/mol. The number of hydrogen-bond acceptors (Lipinski definition) is 8. The van der Waals surface area contributed by atoms with Crippen LogP contribution >= 0.6 is 0 Å². The highest BCUT2D eigenvalue weighted by Gasteiger charge is 2.14. The molecule has 8 nitrogen and oxygen atoms in total. The molecule has 0 saturated carbocycles. The molecule has 0 aromatic heterocycles. The average molecular weight is 402 g/mol. The van der Waals surface area contributed by atoms with Crippen molar-refractivity contribution in [2.24, 2.45) is 20.5 Å². The van der Waals surface area contributed by atoms with Gasteiger partial charge in [-0.2, -0.15) is 20.5 Å². The molecule has 0 aliphatic carbocycles. The monoisotopic (exact) mass is 402 g/mol. The predicted octanol–water partition coefficient (Wildman–Crippen LogP) is 5.55. The minimum absolute atomic E-state index is 0.209. The van der Waals surface area contributed by atoms with Crippen LogP contribution in [0.1, 0.15) is 20.7 Å². The van der Waals surface area contributed by atoms with E-state index in [0.717, 1.165) is 0 Å². The fourth-order valence-electron chi connectivity index (χ4n) is 2.55. The first-order valence-corrected chi connectivity index (χ1v) is 8.93. The summed E-state index contributed by atoms with van der Waals surface area (Å²) >= 11 is 0. The lowest BCUT2D eigenvalue weighted by Crippen LogP contribution is -2.12. The van der Waals surface area contributed by atoms with Crippen LogP contribution in [0.5, 0.6) is 11.5 Å². The third kappa shape index (κ3) is 5.41. The van der Waals surface area contributed by atoms with Gasteiger partial charge < -0.3 is 9.47 Å². The van der Waals surface area contributed by atoms with Gasteiger partial charge in [-0.1, -0.05) is 18.2 Å². The largest absolute Gasteiger partial charge is 0.423 e. The summed E-state index contributed by atoms with van der Waals surface area (Å²) in [5.41, 5.74) is 1.54. The topological polar surface area (TPSA) is 102 Å². The third-order valence-corrected chi connectivity index (χ3v) is 3.82. The fraction of sp³-hybridized carbons (Fsp3) is 0.0909. The molecule has 0 aliphatic rings. The number of benzene rings is 3. The molecular formula is C22H18N4O4. The molecule has 0 saturated heterocycles. The van der Waals surface area contributed by atoms with Gasteiger partial charge >= 0.3 is 11.9 Å². The molecule has 30 heavy (non-hydrogen) atoms. The van der Waals surface area contributed by atoms with Crippen molar-refractivity contribution in [3.63, 3.8) is 0 Å². The maximum absolute atomic E-state index is 12.5. The van der Waals surface area contributed by atoms with Gasteiger partial charge in [-0.25, -0.2) is 9.59 Å². The summed E-state index contributed by atoms with van der Waals surface area (Å²) in [4.78, 5) is 25.0. The van der Waals surface area contributed by atoms with E-state index in [1.807, 2.05) is 0 Å². The molecule has 0 spiro atoms. The summed E-state index contributed by atoms with van der Waals surface area (Å²) in [7, 11) is 3.10. The Morgan fingerprint density at radius 1 is 0.633 bits per heavy atom. The highest BCUT2D eigenvalue weighted by Crippen LogP contribution is 2.23. The quantitative estimate of drug-likeness (QED) is 0.306. The number of hydrogen-bond donors (Lipinski definition) is 0. The summed E-state index contributed by atoms with van der Waals surface area (Å²) in [6, 6.07) is 19.4. The molecule has 0 fully saturated rings. The Balaban J connectivity index is 1.73. The van der Waals surface area contributed by atoms with Crippen molar-refractivity contribution in [2.75, 3.05) is 14.1 Å². The van der Waals surface area contributed by atoms with Gasteiger partial charge in [0.05, 0.1) is 22.5 Å². The zero-order valence-corrected chi connectivity index (χ0v) is 16.4. The summed E-state index contributed by atoms with van der Waals surface area (Å²) in [6.07, 6.45) is 0. The Morgan fingerprint density at radius 3 is 1.50 bits per heavy atom. The molecule has 0 aliphatic heterocycles. The molecular weight excluding hydrogens is 384 g/mol. The fourth-order valence-corrected chi connectivity index (χ4v) is 2.55. The van der Waals surface area contributed by atoms with Crippen LogP contribution in [0.2, 0.25) is 0 Å². The van der Waals surface area contributed by atoms with E-state index in [2.05, 4.69) is 20.5 Å². The second-order valence-corrected chi connectivity index (χ2v) is 5.95. The number of ether oxygens (including phenoxy) is 2. The van der Waals surface area contributed by atoms with E-state index in [4.69, 9.17) is 9.47 Å². The number of esters is 2. The van der Waals surface area contributed by atoms with Gasteiger partial charge in [-0.05, 0) is 42.5 Å². The molecule has 3 aromatic rings. The molecule has 0 N–H and O–H groups in total. The van der Waals surface area contributed by atoms with Crippen molar-refractivity contribution < 1.29 is 19.1 Å². The molecule has 0 radical (unpaired) electrons. The summed E-state index contributed by atoms with van der Waals surface area (Å²) in [5.74, 6) is -0.583. The van der Waals surface area contributed by atoms with Crippen LogP contribution < -0.4 is 9.47 Å². The lowest BCUT2D eigenvalue weighted by molar-refractivity contribution is 0.0734. The molecule has 0 unspecified atom stereocenters. The zero-order valence-electron chi connectivity index (χ0n) is 16.4. The lowest BCUT2D eigenvalue weighted by Gasteiger charge is -2.07. The molecule has 0 heterocycles. The minimum atomic E-state index is -0.611. The third-order valence-electron chi connectivity index (χ3n) is 3.82. The highest BCUT2D eigenvalue weighted by molar-refractivity contribution is 5.96. The lowest BCUT2D eigenvalue weighted by atomic mass is 10.1. The Kier molecular flexibility index (Phi) is 6.73. The van der Waals surface area contributed by atoms with Crippen LogP contribution in [-0.4, -0.2) is 26.0 Å². The second-order valence-electron chi connectivity index (χ2n) is 5.95. The summed E-state index contributed by atoms with van der Waals surface area (Å²) in [6.45, 7) is 0. The Labute approximate surface area is 172 Å². The zero-order chi connectivity index (χ0) is 21.3. The van der Waals surface area contributed by atoms with Gasteiger partial charge in [0.25, 0.3) is 0 Å².